The molecule has 2 aromatic rings. The van der Waals surface area contributed by atoms with E-state index in [1.165, 1.54) is 11.1 Å². The number of carbonyl (C=O) groups is 1. The van der Waals surface area contributed by atoms with Crippen molar-refractivity contribution in [2.45, 2.75) is 51.0 Å². The Labute approximate surface area is 169 Å². The molecule has 4 heteroatoms. The Kier molecular flexibility index (Phi) is 10.3. The molecule has 0 spiro atoms. The van der Waals surface area contributed by atoms with Gasteiger partial charge in [0.15, 0.2) is 0 Å². The molecule has 0 heterocycles. The molecular weight excluding hydrogens is 346 g/mol. The molecule has 2 aromatic carbocycles. The summed E-state index contributed by atoms with van der Waals surface area (Å²) in [6, 6.07) is 20.7. The van der Waals surface area contributed by atoms with Crippen molar-refractivity contribution in [1.29, 1.82) is 0 Å². The molecule has 1 amide bonds. The van der Waals surface area contributed by atoms with Gasteiger partial charge < -0.3 is 16.8 Å². The fourth-order valence-corrected chi connectivity index (χ4v) is 3.41. The lowest BCUT2D eigenvalue weighted by Gasteiger charge is -2.19. The van der Waals surface area contributed by atoms with Crippen molar-refractivity contribution in [1.82, 2.24) is 5.32 Å². The van der Waals surface area contributed by atoms with Crippen LogP contribution in [0.25, 0.3) is 0 Å². The van der Waals surface area contributed by atoms with Crippen molar-refractivity contribution in [2.75, 3.05) is 13.1 Å². The van der Waals surface area contributed by atoms with Crippen LogP contribution in [0.3, 0.4) is 0 Å². The molecular formula is C24H35N3O. The van der Waals surface area contributed by atoms with Gasteiger partial charge in [0, 0.05) is 18.5 Å². The van der Waals surface area contributed by atoms with Gasteiger partial charge in [-0.15, -0.1) is 0 Å². The molecule has 1 atom stereocenters. The van der Waals surface area contributed by atoms with E-state index in [4.69, 9.17) is 11.5 Å². The average molecular weight is 382 g/mol. The highest BCUT2D eigenvalue weighted by atomic mass is 16.1. The first kappa shape index (κ1) is 22.1. The molecule has 2 rings (SSSR count). The van der Waals surface area contributed by atoms with E-state index in [0.717, 1.165) is 44.9 Å². The van der Waals surface area contributed by atoms with E-state index in [0.29, 0.717) is 13.1 Å². The highest BCUT2D eigenvalue weighted by Crippen LogP contribution is 2.17. The molecule has 0 aliphatic heterocycles. The van der Waals surface area contributed by atoms with Gasteiger partial charge >= 0.3 is 0 Å². The second kappa shape index (κ2) is 13.1. The smallest absolute Gasteiger partial charge is 0.223 e. The van der Waals surface area contributed by atoms with Gasteiger partial charge in [-0.05, 0) is 56.2 Å². The summed E-state index contributed by atoms with van der Waals surface area (Å²) in [7, 11) is 0. The number of unbranched alkanes of at least 4 members (excludes halogenated alkanes) is 1. The van der Waals surface area contributed by atoms with E-state index in [1.807, 2.05) is 12.1 Å². The van der Waals surface area contributed by atoms with E-state index in [9.17, 15) is 4.79 Å². The minimum atomic E-state index is -0.00310. The number of amides is 1. The maximum absolute atomic E-state index is 12.8. The highest BCUT2D eigenvalue weighted by molar-refractivity contribution is 5.78. The van der Waals surface area contributed by atoms with Crippen LogP contribution in [0.2, 0.25) is 0 Å². The molecule has 5 N–H and O–H groups in total. The number of nitrogens with two attached hydrogens (primary N) is 2. The monoisotopic (exact) mass is 381 g/mol. The predicted octanol–water partition coefficient (Wildman–Crippen LogP) is 3.44. The summed E-state index contributed by atoms with van der Waals surface area (Å²) >= 11 is 0. The van der Waals surface area contributed by atoms with E-state index < -0.39 is 0 Å². The van der Waals surface area contributed by atoms with Gasteiger partial charge in [-0.2, -0.15) is 0 Å². The molecule has 0 aromatic heterocycles. The Balaban J connectivity index is 1.87. The van der Waals surface area contributed by atoms with Crippen molar-refractivity contribution < 1.29 is 4.79 Å². The molecule has 0 saturated heterocycles. The number of hydrogen-bond donors (Lipinski definition) is 3. The van der Waals surface area contributed by atoms with Crippen LogP contribution in [0.1, 0.15) is 43.2 Å². The lowest BCUT2D eigenvalue weighted by Crippen LogP contribution is -2.40. The fourth-order valence-electron chi connectivity index (χ4n) is 3.41. The molecule has 0 unspecified atom stereocenters. The summed E-state index contributed by atoms with van der Waals surface area (Å²) in [6.07, 6.45) is 6.43. The number of hydrogen-bond acceptors (Lipinski definition) is 3. The van der Waals surface area contributed by atoms with Gasteiger partial charge in [0.05, 0.1) is 0 Å². The Morgan fingerprint density at radius 2 is 1.36 bits per heavy atom. The van der Waals surface area contributed by atoms with Gasteiger partial charge in [0.2, 0.25) is 5.91 Å². The van der Waals surface area contributed by atoms with Crippen LogP contribution >= 0.6 is 0 Å². The first-order valence-electron chi connectivity index (χ1n) is 10.5. The SMILES string of the molecule is NCCCC[C@@H](N)CNC(=O)C(CCc1ccccc1)CCc1ccccc1. The zero-order valence-corrected chi connectivity index (χ0v) is 16.9. The molecule has 0 aliphatic carbocycles. The number of aryl methyl sites for hydroxylation is 2. The minimum Gasteiger partial charge on any atom is -0.354 e. The molecule has 0 saturated carbocycles. The molecule has 0 fully saturated rings. The molecule has 152 valence electrons. The molecule has 4 nitrogen and oxygen atoms in total. The first-order valence-corrected chi connectivity index (χ1v) is 10.5. The molecule has 0 radical (unpaired) electrons. The largest absolute Gasteiger partial charge is 0.354 e. The van der Waals surface area contributed by atoms with Crippen molar-refractivity contribution in [3.63, 3.8) is 0 Å². The van der Waals surface area contributed by atoms with Crippen LogP contribution in [0.5, 0.6) is 0 Å². The second-order valence-electron chi connectivity index (χ2n) is 7.54. The van der Waals surface area contributed by atoms with E-state index in [1.54, 1.807) is 0 Å². The fraction of sp³-hybridized carbons (Fsp3) is 0.458. The van der Waals surface area contributed by atoms with Crippen LogP contribution in [0.15, 0.2) is 60.7 Å². The summed E-state index contributed by atoms with van der Waals surface area (Å²) in [6.45, 7) is 1.23. The normalized spacial score (nSPS) is 12.1. The number of nitrogens with one attached hydrogen (secondary N) is 1. The van der Waals surface area contributed by atoms with Gasteiger partial charge in [-0.25, -0.2) is 0 Å². The summed E-state index contributed by atoms with van der Waals surface area (Å²) in [5, 5.41) is 3.09. The van der Waals surface area contributed by atoms with Crippen molar-refractivity contribution in [3.05, 3.63) is 71.8 Å². The van der Waals surface area contributed by atoms with Crippen LogP contribution in [-0.2, 0) is 17.6 Å². The first-order chi connectivity index (χ1) is 13.7. The van der Waals surface area contributed by atoms with Crippen LogP contribution in [-0.4, -0.2) is 25.0 Å². The van der Waals surface area contributed by atoms with Gasteiger partial charge in [0.1, 0.15) is 0 Å². The van der Waals surface area contributed by atoms with Gasteiger partial charge in [-0.3, -0.25) is 4.79 Å². The van der Waals surface area contributed by atoms with Crippen LogP contribution in [0.4, 0.5) is 0 Å². The van der Waals surface area contributed by atoms with Crippen LogP contribution in [0, 0.1) is 5.92 Å². The topological polar surface area (TPSA) is 81.1 Å². The lowest BCUT2D eigenvalue weighted by molar-refractivity contribution is -0.125. The molecule has 28 heavy (non-hydrogen) atoms. The zero-order chi connectivity index (χ0) is 20.0. The number of carbonyl (C=O) groups excluding carboxylic acids is 1. The van der Waals surface area contributed by atoms with Crippen molar-refractivity contribution in [2.24, 2.45) is 17.4 Å². The number of benzene rings is 2. The summed E-state index contributed by atoms with van der Waals surface area (Å²) in [4.78, 5) is 12.8. The summed E-state index contributed by atoms with van der Waals surface area (Å²) in [5.41, 5.74) is 14.2. The van der Waals surface area contributed by atoms with Gasteiger partial charge in [-0.1, -0.05) is 67.1 Å². The minimum absolute atomic E-state index is 0.000559. The van der Waals surface area contributed by atoms with Crippen molar-refractivity contribution in [3.8, 4) is 0 Å². The van der Waals surface area contributed by atoms with E-state index in [-0.39, 0.29) is 17.9 Å². The summed E-state index contributed by atoms with van der Waals surface area (Å²) < 4.78 is 0. The third-order valence-electron chi connectivity index (χ3n) is 5.19. The van der Waals surface area contributed by atoms with Crippen molar-refractivity contribution >= 4 is 5.91 Å². The third-order valence-corrected chi connectivity index (χ3v) is 5.19. The Bertz CT molecular complexity index is 617. The van der Waals surface area contributed by atoms with E-state index >= 15 is 0 Å². The maximum Gasteiger partial charge on any atom is 0.223 e. The second-order valence-corrected chi connectivity index (χ2v) is 7.54. The third kappa shape index (κ3) is 8.68. The zero-order valence-electron chi connectivity index (χ0n) is 16.9. The Hall–Kier alpha value is -2.17. The summed E-state index contributed by atoms with van der Waals surface area (Å²) in [5.74, 6) is 0.123. The average Bonchev–Trinajstić information content (AvgIpc) is 2.74. The predicted molar refractivity (Wildman–Crippen MR) is 117 cm³/mol. The molecule has 0 aliphatic rings. The lowest BCUT2D eigenvalue weighted by atomic mass is 9.92. The Morgan fingerprint density at radius 3 is 1.86 bits per heavy atom. The maximum atomic E-state index is 12.8. The highest BCUT2D eigenvalue weighted by Gasteiger charge is 2.19. The quantitative estimate of drug-likeness (QED) is 0.465. The Morgan fingerprint density at radius 1 is 0.821 bits per heavy atom. The molecule has 0 bridgehead atoms. The van der Waals surface area contributed by atoms with Gasteiger partial charge in [0.25, 0.3) is 0 Å². The number of rotatable bonds is 13. The van der Waals surface area contributed by atoms with E-state index in [2.05, 4.69) is 53.8 Å². The standard InChI is InChI=1S/C24H35N3O/c25-18-8-7-13-23(26)19-27-24(28)22(16-14-20-9-3-1-4-10-20)17-15-21-11-5-2-6-12-21/h1-6,9-12,22-23H,7-8,13-19,25-26H2,(H,27,28)/t23-/m1/s1. The van der Waals surface area contributed by atoms with Crippen LogP contribution < -0.4 is 16.8 Å².